The molecule has 2 aromatic rings. The van der Waals surface area contributed by atoms with Gasteiger partial charge in [0, 0.05) is 17.5 Å². The van der Waals surface area contributed by atoms with Crippen molar-refractivity contribution in [3.63, 3.8) is 0 Å². The Labute approximate surface area is 123 Å². The third-order valence-corrected chi connectivity index (χ3v) is 3.49. The van der Waals surface area contributed by atoms with Crippen molar-refractivity contribution in [1.29, 1.82) is 0 Å². The van der Waals surface area contributed by atoms with Crippen LogP contribution in [-0.2, 0) is 12.0 Å². The van der Waals surface area contributed by atoms with Gasteiger partial charge in [0.25, 0.3) is 0 Å². The predicted octanol–water partition coefficient (Wildman–Crippen LogP) is 4.24. The van der Waals surface area contributed by atoms with Gasteiger partial charge in [0.15, 0.2) is 0 Å². The molecule has 0 atom stereocenters. The van der Waals surface area contributed by atoms with E-state index in [0.717, 1.165) is 12.4 Å². The summed E-state index contributed by atoms with van der Waals surface area (Å²) in [5.74, 6) is 0.980. The van der Waals surface area contributed by atoms with Crippen LogP contribution in [0, 0.1) is 5.82 Å². The fourth-order valence-corrected chi connectivity index (χ4v) is 2.33. The van der Waals surface area contributed by atoms with E-state index in [1.807, 2.05) is 11.5 Å². The molecule has 0 saturated heterocycles. The van der Waals surface area contributed by atoms with E-state index < -0.39 is 5.82 Å². The van der Waals surface area contributed by atoms with Gasteiger partial charge < -0.3 is 10.3 Å². The predicted molar refractivity (Wildman–Crippen MR) is 81.4 cm³/mol. The molecule has 0 radical (unpaired) electrons. The Hall–Kier alpha value is -1.55. The maximum absolute atomic E-state index is 13.6. The van der Waals surface area contributed by atoms with Crippen molar-refractivity contribution in [2.45, 2.75) is 39.7 Å². The molecule has 1 heterocycles. The van der Waals surface area contributed by atoms with Gasteiger partial charge in [0.2, 0.25) is 0 Å². The molecule has 0 aliphatic rings. The Bertz CT molecular complexity index is 641. The number of hydrogen-bond donors (Lipinski definition) is 1. The number of imidazole rings is 1. The maximum atomic E-state index is 13.6. The van der Waals surface area contributed by atoms with E-state index in [1.165, 1.54) is 12.1 Å². The fourth-order valence-electron chi connectivity index (χ4n) is 2.21. The van der Waals surface area contributed by atoms with Crippen LogP contribution >= 0.6 is 11.6 Å². The average molecular weight is 296 g/mol. The Morgan fingerprint density at radius 1 is 1.35 bits per heavy atom. The van der Waals surface area contributed by atoms with Crippen LogP contribution in [0.15, 0.2) is 18.2 Å². The molecule has 0 spiro atoms. The minimum atomic E-state index is -0.466. The first-order valence-electron chi connectivity index (χ1n) is 6.57. The lowest BCUT2D eigenvalue weighted by molar-refractivity contribution is 0.508. The number of nitrogen functional groups attached to an aromatic ring is 1. The standard InChI is InChI=1S/C15H19ClFN3/c1-5-20-13(18)12(19-14(20)15(2,3)4)9-6-7-10(16)11(17)8-9/h6-8H,5,18H2,1-4H3. The largest absolute Gasteiger partial charge is 0.383 e. The van der Waals surface area contributed by atoms with Crippen LogP contribution in [0.2, 0.25) is 5.02 Å². The highest BCUT2D eigenvalue weighted by Gasteiger charge is 2.25. The number of hydrogen-bond acceptors (Lipinski definition) is 2. The highest BCUT2D eigenvalue weighted by atomic mass is 35.5. The second kappa shape index (κ2) is 5.09. The number of benzene rings is 1. The van der Waals surface area contributed by atoms with E-state index >= 15 is 0 Å². The smallest absolute Gasteiger partial charge is 0.142 e. The summed E-state index contributed by atoms with van der Waals surface area (Å²) >= 11 is 5.71. The summed E-state index contributed by atoms with van der Waals surface area (Å²) in [6, 6.07) is 4.62. The molecule has 0 aliphatic carbocycles. The highest BCUT2D eigenvalue weighted by Crippen LogP contribution is 2.33. The van der Waals surface area contributed by atoms with E-state index in [1.54, 1.807) is 6.07 Å². The molecule has 0 bridgehead atoms. The van der Waals surface area contributed by atoms with Crippen molar-refractivity contribution in [1.82, 2.24) is 9.55 Å². The van der Waals surface area contributed by atoms with Gasteiger partial charge in [0.1, 0.15) is 23.2 Å². The molecule has 0 amide bonds. The number of anilines is 1. The molecule has 2 N–H and O–H groups in total. The minimum Gasteiger partial charge on any atom is -0.383 e. The van der Waals surface area contributed by atoms with E-state index in [4.69, 9.17) is 17.3 Å². The van der Waals surface area contributed by atoms with Crippen molar-refractivity contribution >= 4 is 17.4 Å². The molecule has 108 valence electrons. The summed E-state index contributed by atoms with van der Waals surface area (Å²) in [6.07, 6.45) is 0. The first-order valence-corrected chi connectivity index (χ1v) is 6.95. The zero-order chi connectivity index (χ0) is 15.1. The van der Waals surface area contributed by atoms with Crippen LogP contribution in [0.1, 0.15) is 33.5 Å². The van der Waals surface area contributed by atoms with Gasteiger partial charge in [0.05, 0.1) is 5.02 Å². The van der Waals surface area contributed by atoms with Crippen LogP contribution in [0.4, 0.5) is 10.2 Å². The number of nitrogens with zero attached hydrogens (tertiary/aromatic N) is 2. The normalized spacial score (nSPS) is 11.9. The van der Waals surface area contributed by atoms with Gasteiger partial charge >= 0.3 is 0 Å². The summed E-state index contributed by atoms with van der Waals surface area (Å²) in [5, 5.41) is 0.0956. The Morgan fingerprint density at radius 3 is 2.45 bits per heavy atom. The quantitative estimate of drug-likeness (QED) is 0.900. The number of aromatic nitrogens is 2. The lowest BCUT2D eigenvalue weighted by atomic mass is 9.95. The lowest BCUT2D eigenvalue weighted by Crippen LogP contribution is -2.19. The molecule has 0 unspecified atom stereocenters. The third-order valence-electron chi connectivity index (χ3n) is 3.19. The third kappa shape index (κ3) is 2.52. The Morgan fingerprint density at radius 2 is 2.00 bits per heavy atom. The average Bonchev–Trinajstić information content (AvgIpc) is 2.69. The molecule has 0 saturated carbocycles. The number of rotatable bonds is 2. The zero-order valence-electron chi connectivity index (χ0n) is 12.2. The second-order valence-corrected chi connectivity index (χ2v) is 6.20. The summed E-state index contributed by atoms with van der Waals surface area (Å²) in [6.45, 7) is 8.97. The maximum Gasteiger partial charge on any atom is 0.142 e. The van der Waals surface area contributed by atoms with Crippen LogP contribution in [0.3, 0.4) is 0 Å². The molecule has 1 aromatic carbocycles. The molecule has 3 nitrogen and oxygen atoms in total. The molecular weight excluding hydrogens is 277 g/mol. The molecule has 20 heavy (non-hydrogen) atoms. The van der Waals surface area contributed by atoms with Gasteiger partial charge in [-0.25, -0.2) is 9.37 Å². The summed E-state index contributed by atoms with van der Waals surface area (Å²) < 4.78 is 15.6. The fraction of sp³-hybridized carbons (Fsp3) is 0.400. The zero-order valence-corrected chi connectivity index (χ0v) is 12.9. The van der Waals surface area contributed by atoms with Gasteiger partial charge in [-0.15, -0.1) is 0 Å². The molecule has 0 fully saturated rings. The van der Waals surface area contributed by atoms with Gasteiger partial charge in [-0.3, -0.25) is 0 Å². The van der Waals surface area contributed by atoms with E-state index in [0.29, 0.717) is 17.1 Å². The molecule has 5 heteroatoms. The molecule has 0 aliphatic heterocycles. The SMILES string of the molecule is CCn1c(C(C)(C)C)nc(-c2ccc(Cl)c(F)c2)c1N. The second-order valence-electron chi connectivity index (χ2n) is 5.79. The summed E-state index contributed by atoms with van der Waals surface area (Å²) in [5.41, 5.74) is 7.29. The van der Waals surface area contributed by atoms with Crippen molar-refractivity contribution in [3.05, 3.63) is 34.9 Å². The molecule has 1 aromatic heterocycles. The summed E-state index contributed by atoms with van der Waals surface area (Å²) in [7, 11) is 0. The monoisotopic (exact) mass is 295 g/mol. The minimum absolute atomic E-state index is 0.0956. The first kappa shape index (κ1) is 14.9. The lowest BCUT2D eigenvalue weighted by Gasteiger charge is -2.19. The van der Waals surface area contributed by atoms with E-state index in [2.05, 4.69) is 25.8 Å². The number of halogens is 2. The molecular formula is C15H19ClFN3. The van der Waals surface area contributed by atoms with E-state index in [-0.39, 0.29) is 10.4 Å². The van der Waals surface area contributed by atoms with Crippen molar-refractivity contribution in [2.24, 2.45) is 0 Å². The van der Waals surface area contributed by atoms with Crippen LogP contribution in [-0.4, -0.2) is 9.55 Å². The summed E-state index contributed by atoms with van der Waals surface area (Å²) in [4.78, 5) is 4.62. The van der Waals surface area contributed by atoms with Gasteiger partial charge in [-0.1, -0.05) is 38.4 Å². The van der Waals surface area contributed by atoms with Gasteiger partial charge in [-0.2, -0.15) is 0 Å². The van der Waals surface area contributed by atoms with Crippen molar-refractivity contribution in [2.75, 3.05) is 5.73 Å². The highest BCUT2D eigenvalue weighted by molar-refractivity contribution is 6.30. The van der Waals surface area contributed by atoms with Gasteiger partial charge in [-0.05, 0) is 19.1 Å². The Balaban J connectivity index is 2.63. The van der Waals surface area contributed by atoms with Crippen molar-refractivity contribution < 1.29 is 4.39 Å². The van der Waals surface area contributed by atoms with Crippen LogP contribution < -0.4 is 5.73 Å². The topological polar surface area (TPSA) is 43.8 Å². The first-order chi connectivity index (χ1) is 9.25. The van der Waals surface area contributed by atoms with Crippen molar-refractivity contribution in [3.8, 4) is 11.3 Å². The number of nitrogens with two attached hydrogens (primary N) is 1. The molecule has 2 rings (SSSR count). The van der Waals surface area contributed by atoms with Crippen LogP contribution in [0.5, 0.6) is 0 Å². The van der Waals surface area contributed by atoms with E-state index in [9.17, 15) is 4.39 Å². The Kier molecular flexibility index (Phi) is 3.78. The van der Waals surface area contributed by atoms with Crippen LogP contribution in [0.25, 0.3) is 11.3 Å².